The summed E-state index contributed by atoms with van der Waals surface area (Å²) in [4.78, 5) is 76.9. The lowest BCUT2D eigenvalue weighted by atomic mass is 9.97. The molecule has 19 heteroatoms. The normalized spacial score (nSPS) is 11.6. The minimum absolute atomic E-state index is 0.108. The van der Waals surface area contributed by atoms with Gasteiger partial charge in [-0.3, -0.25) is 19.2 Å². The molecular formula is C53H57N9O7S3. The zero-order valence-electron chi connectivity index (χ0n) is 41.7. The molecule has 6 aromatic heterocycles. The number of nitrogens with two attached hydrogens (primary N) is 1. The third-order valence-corrected chi connectivity index (χ3v) is 13.0. The van der Waals surface area contributed by atoms with E-state index in [-0.39, 0.29) is 43.6 Å². The maximum atomic E-state index is 12.7. The number of hydrogen-bond donors (Lipinski definition) is 4. The van der Waals surface area contributed by atoms with Crippen LogP contribution in [0.25, 0.3) is 43.2 Å². The molecule has 0 bridgehead atoms. The van der Waals surface area contributed by atoms with Crippen LogP contribution < -0.4 is 16.4 Å². The third kappa shape index (κ3) is 14.6. The first kappa shape index (κ1) is 54.0. The number of fused-ring (bicyclic) bond motifs is 3. The van der Waals surface area contributed by atoms with Crippen LogP contribution in [-0.2, 0) is 38.9 Å². The standard InChI is InChI=1S/C23H25N3O3S.C18H17N3O2S.C12H15N3O2S/c1-6-7-15-8-9-17(14(2)10-15)20(27)25-16-11-18-21(24-12-16)30-19(26-18)13-29-22(28)23(3,4)5;1-3-4-12-5-6-14(11(2)7-12)17(23)20-13-8-15-18(19-9-13)24-16(10-22)21-15;1-12(2,3)11(16)17-6-9-15-8-4-7(13)5-14-10(8)18-9/h6-12H,13H2,1-5H3,(H,25,27);3-9,22H,10H2,1-2H3,(H,20,23);4-5H,6,13H2,1-3H3/b7-6+;4-3+;. The highest BCUT2D eigenvalue weighted by atomic mass is 32.1. The first-order valence-electron chi connectivity index (χ1n) is 22.7. The average molecular weight is 1030 g/mol. The summed E-state index contributed by atoms with van der Waals surface area (Å²) in [5.74, 6) is -0.902. The maximum Gasteiger partial charge on any atom is 0.311 e. The van der Waals surface area contributed by atoms with Gasteiger partial charge in [-0.2, -0.15) is 0 Å². The lowest BCUT2D eigenvalue weighted by Gasteiger charge is -2.15. The van der Waals surface area contributed by atoms with Gasteiger partial charge in [-0.15, -0.1) is 0 Å². The van der Waals surface area contributed by atoms with Crippen molar-refractivity contribution in [2.75, 3.05) is 16.4 Å². The molecule has 0 saturated carbocycles. The van der Waals surface area contributed by atoms with Crippen LogP contribution in [0.5, 0.6) is 0 Å². The Morgan fingerprint density at radius 3 is 1.38 bits per heavy atom. The summed E-state index contributed by atoms with van der Waals surface area (Å²) in [5.41, 5.74) is 13.5. The van der Waals surface area contributed by atoms with Gasteiger partial charge in [0, 0.05) is 11.1 Å². The van der Waals surface area contributed by atoms with E-state index >= 15 is 0 Å². The van der Waals surface area contributed by atoms with Crippen LogP contribution in [-0.4, -0.2) is 58.8 Å². The van der Waals surface area contributed by atoms with Crippen molar-refractivity contribution >= 4 is 118 Å². The van der Waals surface area contributed by atoms with Crippen LogP contribution in [0.2, 0.25) is 0 Å². The second-order valence-electron chi connectivity index (χ2n) is 18.4. The minimum Gasteiger partial charge on any atom is -0.458 e. The maximum absolute atomic E-state index is 12.7. The van der Waals surface area contributed by atoms with Crippen molar-refractivity contribution in [1.82, 2.24) is 29.9 Å². The number of carbonyl (C=O) groups excluding carboxylic acids is 4. The number of amides is 2. The molecule has 5 N–H and O–H groups in total. The number of aryl methyl sites for hydroxylation is 2. The summed E-state index contributed by atoms with van der Waals surface area (Å²) < 4.78 is 10.5. The highest BCUT2D eigenvalue weighted by Gasteiger charge is 2.25. The van der Waals surface area contributed by atoms with Gasteiger partial charge >= 0.3 is 11.9 Å². The predicted molar refractivity (Wildman–Crippen MR) is 289 cm³/mol. The summed E-state index contributed by atoms with van der Waals surface area (Å²) in [7, 11) is 0. The number of nitrogen functional groups attached to an aromatic ring is 1. The largest absolute Gasteiger partial charge is 0.458 e. The first-order valence-corrected chi connectivity index (χ1v) is 25.2. The smallest absolute Gasteiger partial charge is 0.311 e. The van der Waals surface area contributed by atoms with Gasteiger partial charge in [0.05, 0.1) is 53.1 Å². The Labute approximate surface area is 429 Å². The van der Waals surface area contributed by atoms with Gasteiger partial charge in [-0.05, 0) is 122 Å². The quantitative estimate of drug-likeness (QED) is 0.0883. The molecule has 16 nitrogen and oxygen atoms in total. The molecule has 0 aliphatic carbocycles. The van der Waals surface area contributed by atoms with Crippen molar-refractivity contribution in [3.8, 4) is 0 Å². The number of ether oxygens (including phenoxy) is 2. The Balaban J connectivity index is 0.000000182. The zero-order chi connectivity index (χ0) is 52.3. The van der Waals surface area contributed by atoms with Gasteiger partial charge in [-0.1, -0.05) is 82.6 Å². The Kier molecular flexibility index (Phi) is 17.8. The average Bonchev–Trinajstić information content (AvgIpc) is 4.06. The van der Waals surface area contributed by atoms with Gasteiger partial charge in [0.2, 0.25) is 0 Å². The summed E-state index contributed by atoms with van der Waals surface area (Å²) in [6.07, 6.45) is 12.7. The van der Waals surface area contributed by atoms with Gasteiger partial charge < -0.3 is 30.9 Å². The van der Waals surface area contributed by atoms with Gasteiger partial charge in [0.25, 0.3) is 11.8 Å². The molecule has 0 radical (unpaired) electrons. The Morgan fingerprint density at radius 2 is 0.986 bits per heavy atom. The van der Waals surface area contributed by atoms with E-state index in [0.717, 1.165) is 47.3 Å². The van der Waals surface area contributed by atoms with Crippen molar-refractivity contribution in [3.63, 3.8) is 0 Å². The number of allylic oxidation sites excluding steroid dienone is 2. The van der Waals surface area contributed by atoms with Crippen molar-refractivity contribution in [2.45, 2.75) is 89.1 Å². The Morgan fingerprint density at radius 1 is 0.597 bits per heavy atom. The molecule has 0 spiro atoms. The SMILES string of the molecule is C/C=C/c1ccc(C(=O)Nc2cnc3sc(CO)nc3c2)c(C)c1.C/C=C/c1ccc(C(=O)Nc2cnc3sc(COC(=O)C(C)(C)C)nc3c2)c(C)c1.CC(C)(C)C(=O)OCc1nc2cc(N)cnc2s1. The summed E-state index contributed by atoms with van der Waals surface area (Å²) in [6.45, 7) is 18.8. The molecule has 0 unspecified atom stereocenters. The number of rotatable bonds is 11. The van der Waals surface area contributed by atoms with Crippen molar-refractivity contribution in [3.05, 3.63) is 134 Å². The fourth-order valence-corrected chi connectivity index (χ4v) is 8.85. The van der Waals surface area contributed by atoms with Crippen LogP contribution in [0, 0.1) is 24.7 Å². The number of nitrogens with one attached hydrogen (secondary N) is 2. The second kappa shape index (κ2) is 23.7. The number of pyridine rings is 3. The zero-order valence-corrected chi connectivity index (χ0v) is 44.2. The molecule has 374 valence electrons. The Hall–Kier alpha value is -7.32. The van der Waals surface area contributed by atoms with Crippen molar-refractivity contribution in [2.24, 2.45) is 10.8 Å². The van der Waals surface area contributed by atoms with E-state index in [0.29, 0.717) is 49.2 Å². The second-order valence-corrected chi connectivity index (χ2v) is 21.6. The first-order chi connectivity index (χ1) is 34.1. The molecule has 2 amide bonds. The summed E-state index contributed by atoms with van der Waals surface area (Å²) in [5, 5.41) is 16.9. The number of thiazole rings is 3. The number of esters is 2. The van der Waals surface area contributed by atoms with E-state index in [9.17, 15) is 19.2 Å². The van der Waals surface area contributed by atoms with E-state index in [1.54, 1.807) is 57.6 Å². The van der Waals surface area contributed by atoms with Gasteiger partial charge in [0.15, 0.2) is 0 Å². The minimum atomic E-state index is -0.560. The van der Waals surface area contributed by atoms with E-state index in [2.05, 4.69) is 40.5 Å². The van der Waals surface area contributed by atoms with Crippen molar-refractivity contribution in [1.29, 1.82) is 0 Å². The molecule has 0 saturated heterocycles. The van der Waals surface area contributed by atoms with Crippen LogP contribution >= 0.6 is 34.0 Å². The fraction of sp³-hybridized carbons (Fsp3) is 0.283. The molecular weight excluding hydrogens is 971 g/mol. The molecule has 72 heavy (non-hydrogen) atoms. The molecule has 0 fully saturated rings. The topological polar surface area (TPSA) is 234 Å². The van der Waals surface area contributed by atoms with E-state index in [1.807, 2.05) is 109 Å². The highest BCUT2D eigenvalue weighted by Crippen LogP contribution is 2.27. The fourth-order valence-electron chi connectivity index (χ4n) is 6.51. The van der Waals surface area contributed by atoms with E-state index in [4.69, 9.17) is 20.3 Å². The lowest BCUT2D eigenvalue weighted by Crippen LogP contribution is -2.22. The van der Waals surface area contributed by atoms with Gasteiger partial charge in [0.1, 0.15) is 59.3 Å². The number of anilines is 3. The van der Waals surface area contributed by atoms with E-state index < -0.39 is 10.8 Å². The number of nitrogens with zero attached hydrogens (tertiary/aromatic N) is 6. The lowest BCUT2D eigenvalue weighted by molar-refractivity contribution is -0.155. The highest BCUT2D eigenvalue weighted by molar-refractivity contribution is 7.18. The molecule has 0 aliphatic rings. The number of aliphatic hydroxyl groups excluding tert-OH is 1. The van der Waals surface area contributed by atoms with Gasteiger partial charge in [-0.25, -0.2) is 29.9 Å². The number of hydrogen-bond acceptors (Lipinski definition) is 17. The van der Waals surface area contributed by atoms with Crippen LogP contribution in [0.3, 0.4) is 0 Å². The van der Waals surface area contributed by atoms with E-state index in [1.165, 1.54) is 34.0 Å². The monoisotopic (exact) mass is 1030 g/mol. The number of carbonyl (C=O) groups is 4. The molecule has 0 atom stereocenters. The molecule has 0 aliphatic heterocycles. The van der Waals surface area contributed by atoms with Crippen LogP contribution in [0.4, 0.5) is 17.1 Å². The number of aliphatic hydroxyl groups is 1. The third-order valence-electron chi connectivity index (χ3n) is 10.1. The van der Waals surface area contributed by atoms with Crippen LogP contribution in [0.1, 0.15) is 113 Å². The summed E-state index contributed by atoms with van der Waals surface area (Å²) >= 11 is 4.11. The Bertz CT molecular complexity index is 3330. The molecule has 6 heterocycles. The predicted octanol–water partition coefficient (Wildman–Crippen LogP) is 11.5. The molecule has 2 aromatic carbocycles. The van der Waals surface area contributed by atoms with Crippen LogP contribution in [0.15, 0.2) is 85.3 Å². The summed E-state index contributed by atoms with van der Waals surface area (Å²) in [6, 6.07) is 16.7. The number of benzene rings is 2. The molecule has 8 aromatic rings. The van der Waals surface area contributed by atoms with Crippen molar-refractivity contribution < 1.29 is 33.8 Å². The number of aromatic nitrogens is 6. The molecule has 8 rings (SSSR count).